The largest absolute Gasteiger partial charge is 0.492 e. The molecule has 0 saturated heterocycles. The third-order valence-corrected chi connectivity index (χ3v) is 5.79. The van der Waals surface area contributed by atoms with Gasteiger partial charge in [0.2, 0.25) is 0 Å². The minimum Gasteiger partial charge on any atom is -0.492 e. The summed E-state index contributed by atoms with van der Waals surface area (Å²) in [4.78, 5) is 0.131. The van der Waals surface area contributed by atoms with Crippen LogP contribution in [0.25, 0.3) is 0 Å². The van der Waals surface area contributed by atoms with Crippen molar-refractivity contribution in [2.75, 3.05) is 18.0 Å². The molecule has 0 aromatic heterocycles. The van der Waals surface area contributed by atoms with Crippen LogP contribution in [0.4, 0.5) is 5.69 Å². The molecule has 4 nitrogen and oxygen atoms in total. The number of anilines is 1. The molecule has 0 heterocycles. The van der Waals surface area contributed by atoms with Gasteiger partial charge in [0.15, 0.2) is 0 Å². The van der Waals surface area contributed by atoms with Gasteiger partial charge in [-0.05, 0) is 62.2 Å². The first-order valence-corrected chi connectivity index (χ1v) is 9.07. The summed E-state index contributed by atoms with van der Waals surface area (Å²) in [6, 6.07) is 10.0. The molecule has 0 spiro atoms. The van der Waals surface area contributed by atoms with Gasteiger partial charge >= 0.3 is 0 Å². The first-order chi connectivity index (χ1) is 10.8. The molecule has 2 aromatic rings. The predicted molar refractivity (Wildman–Crippen MR) is 94.1 cm³/mol. The van der Waals surface area contributed by atoms with Crippen LogP contribution in [0.5, 0.6) is 5.75 Å². The third-order valence-electron chi connectivity index (χ3n) is 3.72. The number of ether oxygens (including phenoxy) is 1. The predicted octanol–water partition coefficient (Wildman–Crippen LogP) is 4.18. The first kappa shape index (κ1) is 17.6. The zero-order chi connectivity index (χ0) is 17.2. The Morgan fingerprint density at radius 2 is 1.78 bits per heavy atom. The van der Waals surface area contributed by atoms with E-state index in [0.717, 1.165) is 11.1 Å². The maximum atomic E-state index is 12.8. The van der Waals surface area contributed by atoms with Crippen molar-refractivity contribution in [3.63, 3.8) is 0 Å². The molecule has 6 heteroatoms. The standard InChI is InChI=1S/C17H20ClNO3S/c1-5-22-17-9-8-15(11-16(17)18)23(20,21)19(4)14-7-6-12(2)13(3)10-14/h6-11H,5H2,1-4H3. The van der Waals surface area contributed by atoms with Gasteiger partial charge in [-0.1, -0.05) is 17.7 Å². The maximum Gasteiger partial charge on any atom is 0.264 e. The number of halogens is 1. The third kappa shape index (κ3) is 3.62. The molecular weight excluding hydrogens is 334 g/mol. The monoisotopic (exact) mass is 353 g/mol. The lowest BCUT2D eigenvalue weighted by Gasteiger charge is -2.21. The number of rotatable bonds is 5. The zero-order valence-electron chi connectivity index (χ0n) is 13.6. The fraction of sp³-hybridized carbons (Fsp3) is 0.294. The summed E-state index contributed by atoms with van der Waals surface area (Å²) in [5.74, 6) is 0.474. The van der Waals surface area contributed by atoms with Crippen molar-refractivity contribution in [1.29, 1.82) is 0 Å². The molecule has 0 fully saturated rings. The Labute approximate surface area is 142 Å². The molecule has 0 radical (unpaired) electrons. The van der Waals surface area contributed by atoms with Crippen LogP contribution in [0.15, 0.2) is 41.3 Å². The molecule has 23 heavy (non-hydrogen) atoms. The molecule has 0 unspecified atom stereocenters. The summed E-state index contributed by atoms with van der Waals surface area (Å²) in [5.41, 5.74) is 2.76. The second-order valence-corrected chi connectivity index (χ2v) is 7.64. The lowest BCUT2D eigenvalue weighted by molar-refractivity contribution is 0.340. The van der Waals surface area contributed by atoms with E-state index in [-0.39, 0.29) is 9.92 Å². The summed E-state index contributed by atoms with van der Waals surface area (Å²) >= 11 is 6.10. The second-order valence-electron chi connectivity index (χ2n) is 5.27. The summed E-state index contributed by atoms with van der Waals surface area (Å²) < 4.78 is 32.1. The summed E-state index contributed by atoms with van der Waals surface area (Å²) in [6.07, 6.45) is 0. The van der Waals surface area contributed by atoms with Crippen molar-refractivity contribution in [3.8, 4) is 5.75 Å². The summed E-state index contributed by atoms with van der Waals surface area (Å²) in [5, 5.41) is 0.279. The number of hydrogen-bond acceptors (Lipinski definition) is 3. The first-order valence-electron chi connectivity index (χ1n) is 7.26. The van der Waals surface area contributed by atoms with Crippen molar-refractivity contribution in [3.05, 3.63) is 52.5 Å². The van der Waals surface area contributed by atoms with Crippen LogP contribution in [0.3, 0.4) is 0 Å². The van der Waals surface area contributed by atoms with Crippen molar-refractivity contribution in [2.24, 2.45) is 0 Å². The van der Waals surface area contributed by atoms with Gasteiger partial charge in [0, 0.05) is 7.05 Å². The molecule has 0 N–H and O–H groups in total. The van der Waals surface area contributed by atoms with Gasteiger partial charge in [-0.25, -0.2) is 8.42 Å². The van der Waals surface area contributed by atoms with Crippen LogP contribution in [-0.2, 0) is 10.0 Å². The van der Waals surface area contributed by atoms with E-state index in [9.17, 15) is 8.42 Å². The Morgan fingerprint density at radius 3 is 2.35 bits per heavy atom. The molecule has 2 aromatic carbocycles. The van der Waals surface area contributed by atoms with Crippen LogP contribution < -0.4 is 9.04 Å². The van der Waals surface area contributed by atoms with E-state index in [1.165, 1.54) is 23.5 Å². The minimum absolute atomic E-state index is 0.131. The highest BCUT2D eigenvalue weighted by Gasteiger charge is 2.22. The van der Waals surface area contributed by atoms with Gasteiger partial charge in [-0.2, -0.15) is 0 Å². The van der Waals surface area contributed by atoms with E-state index in [0.29, 0.717) is 18.0 Å². The molecule has 0 aliphatic carbocycles. The molecule has 0 saturated carbocycles. The van der Waals surface area contributed by atoms with Crippen LogP contribution in [-0.4, -0.2) is 22.1 Å². The molecule has 0 bridgehead atoms. The zero-order valence-corrected chi connectivity index (χ0v) is 15.2. The average Bonchev–Trinajstić information content (AvgIpc) is 2.51. The van der Waals surface area contributed by atoms with Crippen molar-refractivity contribution in [1.82, 2.24) is 0 Å². The Hall–Kier alpha value is -1.72. The number of hydrogen-bond donors (Lipinski definition) is 0. The fourth-order valence-electron chi connectivity index (χ4n) is 2.13. The minimum atomic E-state index is -3.68. The number of aryl methyl sites for hydroxylation is 2. The molecule has 0 aliphatic rings. The highest BCUT2D eigenvalue weighted by atomic mass is 35.5. The van der Waals surface area contributed by atoms with E-state index in [1.54, 1.807) is 12.1 Å². The average molecular weight is 354 g/mol. The Kier molecular flexibility index (Phi) is 5.22. The molecule has 2 rings (SSSR count). The van der Waals surface area contributed by atoms with E-state index >= 15 is 0 Å². The molecule has 124 valence electrons. The lowest BCUT2D eigenvalue weighted by Crippen LogP contribution is -2.26. The molecular formula is C17H20ClNO3S. The van der Waals surface area contributed by atoms with E-state index < -0.39 is 10.0 Å². The van der Waals surface area contributed by atoms with Crippen LogP contribution in [0, 0.1) is 13.8 Å². The van der Waals surface area contributed by atoms with Crippen LogP contribution >= 0.6 is 11.6 Å². The van der Waals surface area contributed by atoms with E-state index in [4.69, 9.17) is 16.3 Å². The maximum absolute atomic E-state index is 12.8. The number of nitrogens with zero attached hydrogens (tertiary/aromatic N) is 1. The molecule has 0 aliphatic heterocycles. The number of sulfonamides is 1. The van der Waals surface area contributed by atoms with E-state index in [2.05, 4.69) is 0 Å². The lowest BCUT2D eigenvalue weighted by atomic mass is 10.1. The summed E-state index contributed by atoms with van der Waals surface area (Å²) in [6.45, 7) is 6.25. The Bertz CT molecular complexity index is 819. The normalized spacial score (nSPS) is 11.3. The fourth-order valence-corrected chi connectivity index (χ4v) is 3.65. The highest BCUT2D eigenvalue weighted by molar-refractivity contribution is 7.92. The Balaban J connectivity index is 2.40. The highest BCUT2D eigenvalue weighted by Crippen LogP contribution is 2.30. The van der Waals surface area contributed by atoms with Crippen molar-refractivity contribution < 1.29 is 13.2 Å². The SMILES string of the molecule is CCOc1ccc(S(=O)(=O)N(C)c2ccc(C)c(C)c2)cc1Cl. The quantitative estimate of drug-likeness (QED) is 0.810. The van der Waals surface area contributed by atoms with Gasteiger partial charge in [0.1, 0.15) is 5.75 Å². The van der Waals surface area contributed by atoms with Gasteiger partial charge in [0.05, 0.1) is 22.2 Å². The number of benzene rings is 2. The van der Waals surface area contributed by atoms with Gasteiger partial charge < -0.3 is 4.74 Å². The van der Waals surface area contributed by atoms with Crippen LogP contribution in [0.1, 0.15) is 18.1 Å². The van der Waals surface area contributed by atoms with E-state index in [1.807, 2.05) is 32.9 Å². The second kappa shape index (κ2) is 6.81. The molecule has 0 amide bonds. The summed E-state index contributed by atoms with van der Waals surface area (Å²) in [7, 11) is -2.15. The van der Waals surface area contributed by atoms with Gasteiger partial charge in [-0.15, -0.1) is 0 Å². The van der Waals surface area contributed by atoms with Crippen LogP contribution in [0.2, 0.25) is 5.02 Å². The smallest absolute Gasteiger partial charge is 0.264 e. The van der Waals surface area contributed by atoms with Crippen molar-refractivity contribution >= 4 is 27.3 Å². The van der Waals surface area contributed by atoms with Gasteiger partial charge in [-0.3, -0.25) is 4.31 Å². The van der Waals surface area contributed by atoms with Gasteiger partial charge in [0.25, 0.3) is 10.0 Å². The Morgan fingerprint density at radius 1 is 1.09 bits per heavy atom. The molecule has 0 atom stereocenters. The van der Waals surface area contributed by atoms with Crippen molar-refractivity contribution in [2.45, 2.75) is 25.7 Å². The topological polar surface area (TPSA) is 46.6 Å².